The zero-order valence-corrected chi connectivity index (χ0v) is 17.5. The second-order valence-electron chi connectivity index (χ2n) is 9.54. The fraction of sp³-hybridized carbons (Fsp3) is 0.708. The molecule has 6 atom stereocenters. The van der Waals surface area contributed by atoms with Gasteiger partial charge >= 0.3 is 0 Å². The Morgan fingerprint density at radius 3 is 2.18 bits per heavy atom. The van der Waals surface area contributed by atoms with Crippen molar-refractivity contribution in [3.63, 3.8) is 0 Å². The summed E-state index contributed by atoms with van der Waals surface area (Å²) in [5, 5.41) is -1.07. The number of halogens is 3. The van der Waals surface area contributed by atoms with E-state index in [4.69, 9.17) is 11.6 Å². The smallest absolute Gasteiger partial charge is 0.258 e. The first-order valence-corrected chi connectivity index (χ1v) is 11.5. The lowest BCUT2D eigenvalue weighted by atomic mass is 9.55. The van der Waals surface area contributed by atoms with Crippen LogP contribution in [0.5, 0.6) is 0 Å². The van der Waals surface area contributed by atoms with Crippen LogP contribution in [0, 0.1) is 41.2 Å². The van der Waals surface area contributed by atoms with Crippen LogP contribution < -0.4 is 0 Å². The maximum absolute atomic E-state index is 14.2. The molecule has 28 heavy (non-hydrogen) atoms. The van der Waals surface area contributed by atoms with E-state index in [9.17, 15) is 13.6 Å². The maximum Gasteiger partial charge on any atom is 0.258 e. The molecule has 3 aliphatic carbocycles. The fourth-order valence-electron chi connectivity index (χ4n) is 6.88. The summed E-state index contributed by atoms with van der Waals surface area (Å²) in [4.78, 5) is 11.2. The first kappa shape index (κ1) is 20.3. The number of fused-ring (bicyclic) bond motifs is 3. The number of rotatable bonds is 4. The van der Waals surface area contributed by atoms with Crippen molar-refractivity contribution >= 4 is 16.8 Å². The van der Waals surface area contributed by atoms with Crippen molar-refractivity contribution in [2.24, 2.45) is 29.6 Å². The molecule has 0 heterocycles. The summed E-state index contributed by atoms with van der Waals surface area (Å²) in [5.74, 6) is 2.75. The zero-order valence-electron chi connectivity index (χ0n) is 16.7. The Labute approximate surface area is 172 Å². The number of carbonyl (C=O) groups excluding carboxylic acids is 1. The summed E-state index contributed by atoms with van der Waals surface area (Å²) < 4.78 is 28.5. The van der Waals surface area contributed by atoms with Gasteiger partial charge in [0.25, 0.3) is 5.24 Å². The normalized spacial score (nSPS) is 35.1. The molecule has 4 rings (SSSR count). The first-order valence-electron chi connectivity index (χ1n) is 11.2. The van der Waals surface area contributed by atoms with E-state index in [1.54, 1.807) is 0 Å². The van der Waals surface area contributed by atoms with Gasteiger partial charge in [0.1, 0.15) is 17.2 Å². The average Bonchev–Trinajstić information content (AvgIpc) is 2.66. The fourth-order valence-corrected chi connectivity index (χ4v) is 7.06. The third kappa shape index (κ3) is 3.88. The largest absolute Gasteiger partial charge is 0.275 e. The summed E-state index contributed by atoms with van der Waals surface area (Å²) in [6, 6.07) is 2.68. The second-order valence-corrected chi connectivity index (χ2v) is 9.88. The van der Waals surface area contributed by atoms with Crippen LogP contribution in [0.1, 0.15) is 93.0 Å². The van der Waals surface area contributed by atoms with Crippen molar-refractivity contribution < 1.29 is 13.6 Å². The van der Waals surface area contributed by atoms with E-state index in [1.165, 1.54) is 63.5 Å². The van der Waals surface area contributed by atoms with E-state index >= 15 is 0 Å². The molecular formula is C24H31ClF2O. The minimum atomic E-state index is -1.07. The molecule has 1 aromatic rings. The third-order valence-electron chi connectivity index (χ3n) is 8.08. The Bertz CT molecular complexity index is 710. The quantitative estimate of drug-likeness (QED) is 0.472. The van der Waals surface area contributed by atoms with E-state index in [0.29, 0.717) is 11.5 Å². The molecule has 0 aromatic heterocycles. The molecule has 0 spiro atoms. The van der Waals surface area contributed by atoms with Crippen LogP contribution in [-0.2, 0) is 0 Å². The van der Waals surface area contributed by atoms with Gasteiger partial charge in [-0.15, -0.1) is 0 Å². The molecule has 0 N–H and O–H groups in total. The molecule has 6 unspecified atom stereocenters. The Hall–Kier alpha value is -0.960. The lowest BCUT2D eigenvalue weighted by molar-refractivity contribution is 0.00539. The van der Waals surface area contributed by atoms with Crippen LogP contribution >= 0.6 is 11.6 Å². The zero-order chi connectivity index (χ0) is 19.8. The Morgan fingerprint density at radius 1 is 0.964 bits per heavy atom. The van der Waals surface area contributed by atoms with Gasteiger partial charge in [-0.3, -0.25) is 4.79 Å². The molecule has 4 heteroatoms. The Morgan fingerprint density at radius 2 is 1.57 bits per heavy atom. The Balaban J connectivity index is 1.45. The van der Waals surface area contributed by atoms with E-state index < -0.39 is 22.4 Å². The molecule has 3 saturated carbocycles. The van der Waals surface area contributed by atoms with E-state index in [2.05, 4.69) is 6.92 Å². The number of hydrogen-bond acceptors (Lipinski definition) is 1. The molecular weight excluding hydrogens is 378 g/mol. The summed E-state index contributed by atoms with van der Waals surface area (Å²) >= 11 is 5.32. The van der Waals surface area contributed by atoms with Crippen molar-refractivity contribution in [3.8, 4) is 0 Å². The number of hydrogen-bond donors (Lipinski definition) is 0. The number of benzene rings is 1. The molecule has 0 aliphatic heterocycles. The summed E-state index contributed by atoms with van der Waals surface area (Å²) in [6.45, 7) is 2.30. The molecule has 1 aromatic carbocycles. The highest BCUT2D eigenvalue weighted by Crippen LogP contribution is 2.55. The summed E-state index contributed by atoms with van der Waals surface area (Å²) in [6.07, 6.45) is 12.7. The maximum atomic E-state index is 14.2. The highest BCUT2D eigenvalue weighted by Gasteiger charge is 2.44. The van der Waals surface area contributed by atoms with Crippen molar-refractivity contribution in [3.05, 3.63) is 34.9 Å². The minimum Gasteiger partial charge on any atom is -0.275 e. The third-order valence-corrected chi connectivity index (χ3v) is 8.27. The highest BCUT2D eigenvalue weighted by molar-refractivity contribution is 6.67. The van der Waals surface area contributed by atoms with Crippen molar-refractivity contribution in [1.82, 2.24) is 0 Å². The van der Waals surface area contributed by atoms with E-state index in [0.717, 1.165) is 36.5 Å². The molecule has 3 aliphatic rings. The standard InChI is InChI=1S/C24H31ClF2O/c1-2-3-14-4-8-19-16(10-14)5-6-17-11-15(7-9-20(17)19)18-12-21(26)23(24(25)28)22(27)13-18/h12-17,19-20H,2-11H2,1H3. The SMILES string of the molecule is CCCC1CCC2C(CCC3CC(c4cc(F)c(C(=O)Cl)c(F)c4)CCC32)C1. The van der Waals surface area contributed by atoms with Gasteiger partial charge in [0.05, 0.1) is 0 Å². The van der Waals surface area contributed by atoms with Crippen LogP contribution in [0.2, 0.25) is 0 Å². The van der Waals surface area contributed by atoms with Gasteiger partial charge in [-0.05, 0) is 110 Å². The van der Waals surface area contributed by atoms with E-state index in [1.807, 2.05) is 0 Å². The molecule has 154 valence electrons. The van der Waals surface area contributed by atoms with Gasteiger partial charge in [-0.1, -0.05) is 26.2 Å². The van der Waals surface area contributed by atoms with Gasteiger partial charge in [-0.2, -0.15) is 0 Å². The van der Waals surface area contributed by atoms with Gasteiger partial charge in [-0.25, -0.2) is 8.78 Å². The van der Waals surface area contributed by atoms with Crippen LogP contribution in [0.3, 0.4) is 0 Å². The topological polar surface area (TPSA) is 17.1 Å². The lowest BCUT2D eigenvalue weighted by Crippen LogP contribution is -2.41. The molecule has 3 fully saturated rings. The highest BCUT2D eigenvalue weighted by atomic mass is 35.5. The van der Waals surface area contributed by atoms with Crippen LogP contribution in [0.25, 0.3) is 0 Å². The summed E-state index contributed by atoms with van der Waals surface area (Å²) in [5.41, 5.74) is 0.0762. The first-order chi connectivity index (χ1) is 13.5. The Kier molecular flexibility index (Phi) is 6.11. The average molecular weight is 409 g/mol. The predicted molar refractivity (Wildman–Crippen MR) is 109 cm³/mol. The molecule has 0 amide bonds. The molecule has 0 bridgehead atoms. The lowest BCUT2D eigenvalue weighted by Gasteiger charge is -2.51. The van der Waals surface area contributed by atoms with Crippen LogP contribution in [0.4, 0.5) is 8.78 Å². The second kappa shape index (κ2) is 8.42. The van der Waals surface area contributed by atoms with Gasteiger partial charge in [0.15, 0.2) is 0 Å². The van der Waals surface area contributed by atoms with Crippen LogP contribution in [0.15, 0.2) is 12.1 Å². The van der Waals surface area contributed by atoms with Crippen molar-refractivity contribution in [2.75, 3.05) is 0 Å². The van der Waals surface area contributed by atoms with Crippen LogP contribution in [-0.4, -0.2) is 5.24 Å². The number of carbonyl (C=O) groups is 1. The molecule has 0 radical (unpaired) electrons. The molecule has 0 saturated heterocycles. The van der Waals surface area contributed by atoms with E-state index in [-0.39, 0.29) is 5.92 Å². The van der Waals surface area contributed by atoms with Gasteiger partial charge in [0, 0.05) is 0 Å². The summed E-state index contributed by atoms with van der Waals surface area (Å²) in [7, 11) is 0. The molecule has 1 nitrogen and oxygen atoms in total. The minimum absolute atomic E-state index is 0.192. The van der Waals surface area contributed by atoms with Crippen molar-refractivity contribution in [2.45, 2.75) is 77.0 Å². The predicted octanol–water partition coefficient (Wildman–Crippen LogP) is 7.47. The van der Waals surface area contributed by atoms with Gasteiger partial charge < -0.3 is 0 Å². The van der Waals surface area contributed by atoms with Gasteiger partial charge in [0.2, 0.25) is 0 Å². The van der Waals surface area contributed by atoms with Crippen molar-refractivity contribution in [1.29, 1.82) is 0 Å². The monoisotopic (exact) mass is 408 g/mol.